The summed E-state index contributed by atoms with van der Waals surface area (Å²) in [7, 11) is 0. The van der Waals surface area contributed by atoms with Crippen molar-refractivity contribution in [2.45, 2.75) is 28.1 Å². The first-order valence-electron chi connectivity index (χ1n) is 9.86. The van der Waals surface area contributed by atoms with Crippen LogP contribution in [0.3, 0.4) is 0 Å². The van der Waals surface area contributed by atoms with E-state index < -0.39 is 11.9 Å². The Bertz CT molecular complexity index is 972. The van der Waals surface area contributed by atoms with Gasteiger partial charge in [0, 0.05) is 29.6 Å². The van der Waals surface area contributed by atoms with E-state index in [1.165, 1.54) is 48.1 Å². The van der Waals surface area contributed by atoms with E-state index in [0.29, 0.717) is 22.9 Å². The number of aliphatic carboxylic acids is 2. The van der Waals surface area contributed by atoms with Gasteiger partial charge in [0.05, 0.1) is 6.20 Å². The van der Waals surface area contributed by atoms with Crippen LogP contribution in [0.5, 0.6) is 0 Å². The minimum atomic E-state index is -1.26. The lowest BCUT2D eigenvalue weighted by Crippen LogP contribution is -2.57. The van der Waals surface area contributed by atoms with Crippen molar-refractivity contribution >= 4 is 40.9 Å². The highest BCUT2D eigenvalue weighted by Crippen LogP contribution is 2.32. The van der Waals surface area contributed by atoms with Crippen LogP contribution in [-0.2, 0) is 9.59 Å². The van der Waals surface area contributed by atoms with E-state index in [4.69, 9.17) is 10.2 Å². The molecule has 8 nitrogen and oxygen atoms in total. The van der Waals surface area contributed by atoms with Crippen LogP contribution in [-0.4, -0.2) is 63.6 Å². The Morgan fingerprint density at radius 1 is 1.12 bits per heavy atom. The summed E-state index contributed by atoms with van der Waals surface area (Å²) < 4.78 is 13.7. The molecule has 5 rings (SSSR count). The molecule has 3 aliphatic heterocycles. The van der Waals surface area contributed by atoms with Gasteiger partial charge in [0.2, 0.25) is 0 Å². The van der Waals surface area contributed by atoms with Gasteiger partial charge in [0.15, 0.2) is 4.34 Å². The molecule has 1 amide bonds. The Kier molecular flexibility index (Phi) is 8.37. The van der Waals surface area contributed by atoms with Gasteiger partial charge in [0.25, 0.3) is 5.91 Å². The van der Waals surface area contributed by atoms with Gasteiger partial charge >= 0.3 is 11.9 Å². The van der Waals surface area contributed by atoms with Crippen molar-refractivity contribution in [3.8, 4) is 0 Å². The van der Waals surface area contributed by atoms with Crippen LogP contribution >= 0.6 is 23.1 Å². The maximum absolute atomic E-state index is 12.9. The minimum Gasteiger partial charge on any atom is -0.478 e. The van der Waals surface area contributed by atoms with E-state index in [1.54, 1.807) is 18.3 Å². The first-order chi connectivity index (χ1) is 15.3. The number of hydrogen-bond donors (Lipinski definition) is 3. The Morgan fingerprint density at radius 3 is 2.28 bits per heavy atom. The highest BCUT2D eigenvalue weighted by Gasteiger charge is 2.35. The molecule has 3 fully saturated rings. The third-order valence-corrected chi connectivity index (χ3v) is 7.15. The molecule has 0 radical (unpaired) electrons. The Balaban J connectivity index is 0.000000312. The SMILES string of the molecule is O=C(N[C@H]1CN2CCC1CC2)c1cnc(Sc2ccc(F)cc2)s1.O=C(O)C=CC(=O)O. The van der Waals surface area contributed by atoms with Crippen LogP contribution in [0.4, 0.5) is 4.39 Å². The van der Waals surface area contributed by atoms with E-state index in [1.807, 2.05) is 0 Å². The molecule has 2 bridgehead atoms. The first-order valence-corrected chi connectivity index (χ1v) is 11.5. The maximum Gasteiger partial charge on any atom is 0.328 e. The molecule has 0 spiro atoms. The van der Waals surface area contributed by atoms with E-state index in [-0.39, 0.29) is 17.8 Å². The summed E-state index contributed by atoms with van der Waals surface area (Å²) in [4.78, 5) is 39.9. The van der Waals surface area contributed by atoms with Crippen LogP contribution < -0.4 is 5.32 Å². The van der Waals surface area contributed by atoms with E-state index in [2.05, 4.69) is 15.2 Å². The molecule has 0 saturated carbocycles. The highest BCUT2D eigenvalue weighted by atomic mass is 32.2. The number of carbonyl (C=O) groups is 3. The molecule has 1 aromatic heterocycles. The number of fused-ring (bicyclic) bond motifs is 3. The average Bonchev–Trinajstić information content (AvgIpc) is 3.24. The van der Waals surface area contributed by atoms with Crippen LogP contribution in [0.1, 0.15) is 22.5 Å². The van der Waals surface area contributed by atoms with Crippen molar-refractivity contribution in [3.05, 3.63) is 53.3 Å². The van der Waals surface area contributed by atoms with Gasteiger partial charge in [-0.05, 0) is 56.1 Å². The summed E-state index contributed by atoms with van der Waals surface area (Å²) in [6.07, 6.45) is 5.11. The topological polar surface area (TPSA) is 120 Å². The zero-order valence-electron chi connectivity index (χ0n) is 16.9. The lowest BCUT2D eigenvalue weighted by Gasteiger charge is -2.44. The van der Waals surface area contributed by atoms with E-state index >= 15 is 0 Å². The molecule has 2 aromatic rings. The molecule has 11 heteroatoms. The third kappa shape index (κ3) is 7.14. The Labute approximate surface area is 192 Å². The predicted molar refractivity (Wildman–Crippen MR) is 117 cm³/mol. The molecule has 170 valence electrons. The van der Waals surface area contributed by atoms with Crippen LogP contribution in [0, 0.1) is 11.7 Å². The number of thiazole rings is 1. The van der Waals surface area contributed by atoms with E-state index in [9.17, 15) is 18.8 Å². The predicted octanol–water partition coefficient (Wildman–Crippen LogP) is 2.97. The molecular formula is C21H22FN3O5S2. The minimum absolute atomic E-state index is 0.0304. The standard InChI is InChI=1S/C17H18FN3OS2.C4H4O4/c18-12-1-3-13(4-2-12)23-17-19-9-15(24-17)16(22)20-14-10-21-7-5-11(14)6-8-21;5-3(6)1-2-4(7)8/h1-4,9,11,14H,5-8,10H2,(H,20,22);1-2H,(H,5,6)(H,7,8)/t14-;/m0./s1. The molecule has 3 N–H and O–H groups in total. The smallest absolute Gasteiger partial charge is 0.328 e. The highest BCUT2D eigenvalue weighted by molar-refractivity contribution is 8.01. The molecule has 3 saturated heterocycles. The van der Waals surface area contributed by atoms with Crippen molar-refractivity contribution < 1.29 is 29.0 Å². The molecule has 0 aliphatic carbocycles. The van der Waals surface area contributed by atoms with Gasteiger partial charge < -0.3 is 20.4 Å². The summed E-state index contributed by atoms with van der Waals surface area (Å²) in [5, 5.41) is 18.8. The van der Waals surface area contributed by atoms with Gasteiger partial charge in [-0.15, -0.1) is 11.3 Å². The molecule has 32 heavy (non-hydrogen) atoms. The second kappa shape index (κ2) is 11.2. The molecule has 4 heterocycles. The molecule has 0 unspecified atom stereocenters. The van der Waals surface area contributed by atoms with Crippen molar-refractivity contribution in [1.29, 1.82) is 0 Å². The number of nitrogens with zero attached hydrogens (tertiary/aromatic N) is 2. The summed E-state index contributed by atoms with van der Waals surface area (Å²) in [5.74, 6) is -2.19. The van der Waals surface area contributed by atoms with Crippen molar-refractivity contribution in [2.24, 2.45) is 5.92 Å². The van der Waals surface area contributed by atoms with Crippen LogP contribution in [0.15, 0.2) is 51.8 Å². The lowest BCUT2D eigenvalue weighted by molar-refractivity contribution is -0.134. The number of halogens is 1. The maximum atomic E-state index is 12.9. The zero-order chi connectivity index (χ0) is 23.1. The summed E-state index contributed by atoms with van der Waals surface area (Å²) in [6, 6.07) is 6.55. The number of carboxylic acid groups (broad SMARTS) is 2. The quantitative estimate of drug-likeness (QED) is 0.541. The molecule has 1 atom stereocenters. The second-order valence-electron chi connectivity index (χ2n) is 7.27. The third-order valence-electron chi connectivity index (χ3n) is 5.07. The number of aromatic nitrogens is 1. The number of benzene rings is 1. The normalized spacial score (nSPS) is 21.6. The molecule has 3 aliphatic rings. The van der Waals surface area contributed by atoms with Crippen LogP contribution in [0.2, 0.25) is 0 Å². The number of piperidine rings is 3. The first kappa shape index (κ1) is 23.9. The summed E-state index contributed by atoms with van der Waals surface area (Å²) in [6.45, 7) is 3.29. The van der Waals surface area contributed by atoms with Gasteiger partial charge in [-0.25, -0.2) is 19.0 Å². The van der Waals surface area contributed by atoms with Gasteiger partial charge in [-0.3, -0.25) is 4.79 Å². The largest absolute Gasteiger partial charge is 0.478 e. The lowest BCUT2D eigenvalue weighted by atomic mass is 9.84. The van der Waals surface area contributed by atoms with Gasteiger partial charge in [0.1, 0.15) is 10.7 Å². The number of hydrogen-bond acceptors (Lipinski definition) is 7. The number of amides is 1. The van der Waals surface area contributed by atoms with Gasteiger partial charge in [-0.2, -0.15) is 0 Å². The second-order valence-corrected chi connectivity index (χ2v) is 9.63. The van der Waals surface area contributed by atoms with Crippen molar-refractivity contribution in [1.82, 2.24) is 15.2 Å². The fraction of sp³-hybridized carbons (Fsp3) is 0.333. The molecule has 1 aromatic carbocycles. The van der Waals surface area contributed by atoms with E-state index in [0.717, 1.165) is 28.9 Å². The molecular weight excluding hydrogens is 457 g/mol. The Hall–Kier alpha value is -2.76. The number of rotatable bonds is 6. The number of carboxylic acids is 2. The fourth-order valence-electron chi connectivity index (χ4n) is 3.52. The van der Waals surface area contributed by atoms with Gasteiger partial charge in [-0.1, -0.05) is 11.8 Å². The number of carbonyl (C=O) groups excluding carboxylic acids is 1. The fourth-order valence-corrected chi connectivity index (χ4v) is 5.38. The summed E-state index contributed by atoms with van der Waals surface area (Å²) >= 11 is 2.83. The monoisotopic (exact) mass is 479 g/mol. The Morgan fingerprint density at radius 2 is 1.75 bits per heavy atom. The summed E-state index contributed by atoms with van der Waals surface area (Å²) in [5.41, 5.74) is 0. The number of nitrogens with one attached hydrogen (secondary N) is 1. The average molecular weight is 480 g/mol. The zero-order valence-corrected chi connectivity index (χ0v) is 18.6. The van der Waals surface area contributed by atoms with Crippen LogP contribution in [0.25, 0.3) is 0 Å². The van der Waals surface area contributed by atoms with Crippen molar-refractivity contribution in [3.63, 3.8) is 0 Å². The van der Waals surface area contributed by atoms with Crippen molar-refractivity contribution in [2.75, 3.05) is 19.6 Å².